The first kappa shape index (κ1) is 15.3. The molecule has 0 saturated carbocycles. The lowest BCUT2D eigenvalue weighted by molar-refractivity contribution is -0.152. The summed E-state index contributed by atoms with van der Waals surface area (Å²) in [7, 11) is 5.41. The van der Waals surface area contributed by atoms with Gasteiger partial charge in [0.2, 0.25) is 0 Å². The van der Waals surface area contributed by atoms with Crippen molar-refractivity contribution in [1.82, 2.24) is 4.90 Å². The van der Waals surface area contributed by atoms with Gasteiger partial charge in [0.1, 0.15) is 6.10 Å². The highest BCUT2D eigenvalue weighted by atomic mass is 16.6. The lowest BCUT2D eigenvalue weighted by Gasteiger charge is -2.32. The summed E-state index contributed by atoms with van der Waals surface area (Å²) in [6.45, 7) is 3.10. The number of hydrogen-bond acceptors (Lipinski definition) is 5. The summed E-state index contributed by atoms with van der Waals surface area (Å²) in [6, 6.07) is -0.0520. The van der Waals surface area contributed by atoms with Crippen LogP contribution in [0, 0.1) is 0 Å². The van der Waals surface area contributed by atoms with Gasteiger partial charge in [-0.15, -0.1) is 0 Å². The second kappa shape index (κ2) is 7.60. The second-order valence-corrected chi connectivity index (χ2v) is 4.14. The number of rotatable bonds is 7. The van der Waals surface area contributed by atoms with Crippen LogP contribution in [0.25, 0.3) is 0 Å². The Labute approximate surface area is 97.3 Å². The van der Waals surface area contributed by atoms with Gasteiger partial charge in [-0.25, -0.2) is 0 Å². The van der Waals surface area contributed by atoms with E-state index in [2.05, 4.69) is 0 Å². The first-order valence-electron chi connectivity index (χ1n) is 5.39. The maximum absolute atomic E-state index is 10.9. The van der Waals surface area contributed by atoms with Crippen molar-refractivity contribution in [2.45, 2.75) is 38.5 Å². The highest BCUT2D eigenvalue weighted by Crippen LogP contribution is 2.13. The fourth-order valence-electron chi connectivity index (χ4n) is 1.58. The molecule has 0 fully saturated rings. The van der Waals surface area contributed by atoms with Crippen LogP contribution in [0.5, 0.6) is 0 Å². The molecule has 0 heterocycles. The van der Waals surface area contributed by atoms with E-state index in [0.717, 1.165) is 0 Å². The average molecular weight is 233 g/mol. The Kier molecular flexibility index (Phi) is 7.29. The van der Waals surface area contributed by atoms with Crippen molar-refractivity contribution in [1.29, 1.82) is 0 Å². The molecule has 0 bridgehead atoms. The molecule has 5 nitrogen and oxygen atoms in total. The van der Waals surface area contributed by atoms with Gasteiger partial charge in [0.05, 0.1) is 18.8 Å². The number of hydrogen-bond donors (Lipinski definition) is 1. The van der Waals surface area contributed by atoms with Gasteiger partial charge < -0.3 is 19.5 Å². The van der Waals surface area contributed by atoms with Crippen LogP contribution < -0.4 is 0 Å². The Morgan fingerprint density at radius 2 is 2.00 bits per heavy atom. The van der Waals surface area contributed by atoms with Crippen LogP contribution in [-0.4, -0.2) is 62.0 Å². The summed E-state index contributed by atoms with van der Waals surface area (Å²) in [4.78, 5) is 12.8. The molecule has 0 aliphatic carbocycles. The average Bonchev–Trinajstić information content (AvgIpc) is 2.21. The summed E-state index contributed by atoms with van der Waals surface area (Å²) in [5, 5.41) is 9.24. The van der Waals surface area contributed by atoms with Crippen molar-refractivity contribution >= 4 is 5.97 Å². The first-order valence-corrected chi connectivity index (χ1v) is 5.39. The van der Waals surface area contributed by atoms with E-state index in [1.54, 1.807) is 7.11 Å². The normalized spacial score (nSPS) is 16.9. The van der Waals surface area contributed by atoms with Gasteiger partial charge in [-0.1, -0.05) is 0 Å². The number of ether oxygens (including phenoxy) is 2. The Bertz CT molecular complexity index is 208. The fraction of sp³-hybridized carbons (Fsp3) is 0.909. The maximum Gasteiger partial charge on any atom is 0.303 e. The van der Waals surface area contributed by atoms with Crippen molar-refractivity contribution in [2.24, 2.45) is 0 Å². The van der Waals surface area contributed by atoms with Gasteiger partial charge in [0.25, 0.3) is 0 Å². The molecule has 0 aliphatic rings. The number of likely N-dealkylation sites (N-methyl/N-ethyl adjacent to an activating group) is 1. The molecule has 0 aliphatic heterocycles. The molecule has 2 unspecified atom stereocenters. The van der Waals surface area contributed by atoms with Gasteiger partial charge in [-0.2, -0.15) is 0 Å². The van der Waals surface area contributed by atoms with Crippen molar-refractivity contribution in [3.05, 3.63) is 0 Å². The molecule has 0 amide bonds. The number of aliphatic hydroxyl groups is 1. The third-order valence-electron chi connectivity index (χ3n) is 2.57. The van der Waals surface area contributed by atoms with Crippen molar-refractivity contribution in [3.8, 4) is 0 Å². The highest BCUT2D eigenvalue weighted by molar-refractivity contribution is 5.66. The van der Waals surface area contributed by atoms with E-state index in [1.165, 1.54) is 6.92 Å². The smallest absolute Gasteiger partial charge is 0.303 e. The maximum atomic E-state index is 10.9. The fourth-order valence-corrected chi connectivity index (χ4v) is 1.58. The van der Waals surface area contributed by atoms with Crippen LogP contribution in [0.3, 0.4) is 0 Å². The summed E-state index contributed by atoms with van der Waals surface area (Å²) in [5.74, 6) is -0.379. The van der Waals surface area contributed by atoms with E-state index in [1.807, 2.05) is 25.9 Å². The summed E-state index contributed by atoms with van der Waals surface area (Å²) in [6.07, 6.45) is 0.240. The van der Waals surface area contributed by atoms with E-state index in [-0.39, 0.29) is 24.7 Å². The van der Waals surface area contributed by atoms with Gasteiger partial charge >= 0.3 is 5.97 Å². The Balaban J connectivity index is 4.52. The van der Waals surface area contributed by atoms with Gasteiger partial charge in [-0.3, -0.25) is 4.79 Å². The molecule has 96 valence electrons. The molecule has 1 N–H and O–H groups in total. The SMILES string of the molecule is CO[C@H](C)CC(C(CO)OC(C)=O)N(C)C. The molecule has 0 radical (unpaired) electrons. The van der Waals surface area contributed by atoms with Crippen LogP contribution >= 0.6 is 0 Å². The predicted octanol–water partition coefficient (Wildman–Crippen LogP) is 0.266. The van der Waals surface area contributed by atoms with Crippen LogP contribution in [0.2, 0.25) is 0 Å². The lowest BCUT2D eigenvalue weighted by atomic mass is 10.0. The number of aliphatic hydroxyl groups excluding tert-OH is 1. The zero-order valence-electron chi connectivity index (χ0n) is 10.8. The molecule has 5 heteroatoms. The Morgan fingerprint density at radius 1 is 1.44 bits per heavy atom. The third kappa shape index (κ3) is 5.44. The highest BCUT2D eigenvalue weighted by Gasteiger charge is 2.27. The molecule has 0 aromatic carbocycles. The summed E-state index contributed by atoms with van der Waals surface area (Å²) >= 11 is 0. The summed E-state index contributed by atoms with van der Waals surface area (Å²) < 4.78 is 10.3. The largest absolute Gasteiger partial charge is 0.458 e. The second-order valence-electron chi connectivity index (χ2n) is 4.14. The Hall–Kier alpha value is -0.650. The predicted molar refractivity (Wildman–Crippen MR) is 61.2 cm³/mol. The lowest BCUT2D eigenvalue weighted by Crippen LogP contribution is -2.45. The van der Waals surface area contributed by atoms with Crippen LogP contribution in [0.1, 0.15) is 20.3 Å². The molecule has 0 aromatic heterocycles. The number of nitrogens with zero attached hydrogens (tertiary/aromatic N) is 1. The molecular formula is C11H23NO4. The van der Waals surface area contributed by atoms with E-state index >= 15 is 0 Å². The van der Waals surface area contributed by atoms with Gasteiger partial charge in [0, 0.05) is 14.0 Å². The number of carbonyl (C=O) groups is 1. The number of esters is 1. The summed E-state index contributed by atoms with van der Waals surface area (Å²) in [5.41, 5.74) is 0. The Morgan fingerprint density at radius 3 is 2.31 bits per heavy atom. The zero-order chi connectivity index (χ0) is 12.7. The van der Waals surface area contributed by atoms with Crippen LogP contribution in [0.15, 0.2) is 0 Å². The van der Waals surface area contributed by atoms with E-state index in [4.69, 9.17) is 9.47 Å². The van der Waals surface area contributed by atoms with Crippen LogP contribution in [-0.2, 0) is 14.3 Å². The number of methoxy groups -OCH3 is 1. The van der Waals surface area contributed by atoms with Gasteiger partial charge in [0.15, 0.2) is 0 Å². The topological polar surface area (TPSA) is 59.0 Å². The van der Waals surface area contributed by atoms with Gasteiger partial charge in [-0.05, 0) is 27.4 Å². The minimum Gasteiger partial charge on any atom is -0.458 e. The third-order valence-corrected chi connectivity index (χ3v) is 2.57. The zero-order valence-corrected chi connectivity index (χ0v) is 10.8. The first-order chi connectivity index (χ1) is 7.42. The van der Waals surface area contributed by atoms with Crippen molar-refractivity contribution in [3.63, 3.8) is 0 Å². The molecule has 3 atom stereocenters. The monoisotopic (exact) mass is 233 g/mol. The molecule has 0 saturated heterocycles. The standard InChI is InChI=1S/C11H23NO4/c1-8(15-5)6-10(12(3)4)11(7-13)16-9(2)14/h8,10-11,13H,6-7H2,1-5H3/t8-,10?,11?/m1/s1. The minimum atomic E-state index is -0.509. The molecule has 16 heavy (non-hydrogen) atoms. The van der Waals surface area contributed by atoms with Crippen LogP contribution in [0.4, 0.5) is 0 Å². The quantitative estimate of drug-likeness (QED) is 0.639. The van der Waals surface area contributed by atoms with E-state index in [0.29, 0.717) is 6.42 Å². The van der Waals surface area contributed by atoms with Crippen molar-refractivity contribution < 1.29 is 19.4 Å². The number of carbonyl (C=O) groups excluding carboxylic acids is 1. The minimum absolute atomic E-state index is 0.0520. The molecule has 0 spiro atoms. The van der Waals surface area contributed by atoms with Crippen molar-refractivity contribution in [2.75, 3.05) is 27.8 Å². The van der Waals surface area contributed by atoms with E-state index < -0.39 is 6.10 Å². The molecular weight excluding hydrogens is 210 g/mol. The molecule has 0 rings (SSSR count). The molecule has 0 aromatic rings. The van der Waals surface area contributed by atoms with E-state index in [9.17, 15) is 9.90 Å².